The molecule has 2 saturated heterocycles. The molecular formula is C22H33F3N6O. The number of nitrogens with one attached hydrogen (secondary N) is 2. The molecule has 0 radical (unpaired) electrons. The Kier molecular flexibility index (Phi) is 6.06. The summed E-state index contributed by atoms with van der Waals surface area (Å²) in [5.74, 6) is 1.27. The molecule has 2 N–H and O–H groups in total. The van der Waals surface area contributed by atoms with E-state index in [1.807, 2.05) is 11.0 Å². The van der Waals surface area contributed by atoms with E-state index in [1.165, 1.54) is 0 Å². The fraction of sp³-hybridized carbons (Fsp3) is 0.818. The number of hydrazine groups is 1. The van der Waals surface area contributed by atoms with Gasteiger partial charge in [-0.2, -0.15) is 13.2 Å². The van der Waals surface area contributed by atoms with Gasteiger partial charge in [0.25, 0.3) is 0 Å². The van der Waals surface area contributed by atoms with Crippen molar-refractivity contribution in [2.75, 3.05) is 37.6 Å². The van der Waals surface area contributed by atoms with Gasteiger partial charge in [0.1, 0.15) is 12.1 Å². The van der Waals surface area contributed by atoms with Crippen molar-refractivity contribution in [3.05, 3.63) is 18.1 Å². The molecule has 2 aliphatic heterocycles. The number of hydrogen-bond donors (Lipinski definition) is 2. The molecule has 4 fully saturated rings. The monoisotopic (exact) mass is 454 g/mol. The van der Waals surface area contributed by atoms with Crippen LogP contribution in [0.4, 0.5) is 19.0 Å². The van der Waals surface area contributed by atoms with Crippen LogP contribution in [0.2, 0.25) is 0 Å². The summed E-state index contributed by atoms with van der Waals surface area (Å²) >= 11 is 0. The molecule has 1 aromatic heterocycles. The number of alkyl halides is 3. The van der Waals surface area contributed by atoms with Crippen molar-refractivity contribution in [1.29, 1.82) is 0 Å². The molecule has 4 unspecified atom stereocenters. The van der Waals surface area contributed by atoms with Crippen LogP contribution in [0.25, 0.3) is 0 Å². The highest BCUT2D eigenvalue weighted by molar-refractivity contribution is 5.40. The van der Waals surface area contributed by atoms with Crippen LogP contribution in [0.1, 0.15) is 57.2 Å². The zero-order chi connectivity index (χ0) is 22.3. The Balaban J connectivity index is 1.20. The lowest BCUT2D eigenvalue weighted by Gasteiger charge is -2.36. The summed E-state index contributed by atoms with van der Waals surface area (Å²) in [6.45, 7) is 4.84. The van der Waals surface area contributed by atoms with Gasteiger partial charge >= 0.3 is 6.18 Å². The normalized spacial score (nSPS) is 32.7. The highest BCUT2D eigenvalue weighted by atomic mass is 19.4. The van der Waals surface area contributed by atoms with Gasteiger partial charge in [-0.1, -0.05) is 0 Å². The summed E-state index contributed by atoms with van der Waals surface area (Å²) < 4.78 is 43.9. The molecule has 32 heavy (non-hydrogen) atoms. The Hall–Kier alpha value is -1.49. The smallest absolute Gasteiger partial charge is 0.372 e. The number of aromatic nitrogens is 2. The maximum Gasteiger partial charge on any atom is 0.390 e. The van der Waals surface area contributed by atoms with Gasteiger partial charge < -0.3 is 9.64 Å². The van der Waals surface area contributed by atoms with Crippen molar-refractivity contribution in [2.24, 2.45) is 5.92 Å². The summed E-state index contributed by atoms with van der Waals surface area (Å²) in [5.41, 5.74) is 7.97. The van der Waals surface area contributed by atoms with Crippen LogP contribution < -0.4 is 15.8 Å². The lowest BCUT2D eigenvalue weighted by Crippen LogP contribution is -2.47. The quantitative estimate of drug-likeness (QED) is 0.685. The summed E-state index contributed by atoms with van der Waals surface area (Å²) in [5, 5.41) is 0. The third-order valence-electron chi connectivity index (χ3n) is 7.51. The second-order valence-corrected chi connectivity index (χ2v) is 10.0. The lowest BCUT2D eigenvalue weighted by atomic mass is 9.79. The van der Waals surface area contributed by atoms with Crippen LogP contribution in [-0.2, 0) is 4.74 Å². The second kappa shape index (κ2) is 8.70. The van der Waals surface area contributed by atoms with Gasteiger partial charge in [-0.3, -0.25) is 10.3 Å². The molecule has 5 rings (SSSR count). The van der Waals surface area contributed by atoms with Gasteiger partial charge in [0, 0.05) is 50.7 Å². The van der Waals surface area contributed by atoms with E-state index in [0.29, 0.717) is 44.2 Å². The fourth-order valence-electron chi connectivity index (χ4n) is 5.30. The maximum absolute atomic E-state index is 12.5. The number of fused-ring (bicyclic) bond motifs is 1. The number of piperazine rings is 1. The predicted octanol–water partition coefficient (Wildman–Crippen LogP) is 2.81. The van der Waals surface area contributed by atoms with Gasteiger partial charge in [0.2, 0.25) is 0 Å². The van der Waals surface area contributed by atoms with Gasteiger partial charge in [0.05, 0.1) is 29.9 Å². The largest absolute Gasteiger partial charge is 0.390 e. The summed E-state index contributed by atoms with van der Waals surface area (Å²) in [6.07, 6.45) is 2.58. The molecule has 178 valence electrons. The second-order valence-electron chi connectivity index (χ2n) is 10.0. The van der Waals surface area contributed by atoms with E-state index >= 15 is 0 Å². The molecule has 0 amide bonds. The zero-order valence-corrected chi connectivity index (χ0v) is 18.6. The van der Waals surface area contributed by atoms with Gasteiger partial charge in [0.15, 0.2) is 0 Å². The average molecular weight is 455 g/mol. The van der Waals surface area contributed by atoms with Crippen LogP contribution in [0.3, 0.4) is 0 Å². The average Bonchev–Trinajstić information content (AvgIpc) is 3.34. The molecule has 4 aliphatic rings. The Bertz CT molecular complexity index is 796. The van der Waals surface area contributed by atoms with E-state index in [4.69, 9.17) is 4.74 Å². The topological polar surface area (TPSA) is 65.6 Å². The van der Waals surface area contributed by atoms with Crippen molar-refractivity contribution in [2.45, 2.75) is 75.4 Å². The molecule has 2 saturated carbocycles. The van der Waals surface area contributed by atoms with E-state index in [9.17, 15) is 13.2 Å². The van der Waals surface area contributed by atoms with Crippen LogP contribution in [-0.4, -0.2) is 71.5 Å². The fourth-order valence-corrected chi connectivity index (χ4v) is 5.30. The van der Waals surface area contributed by atoms with Crippen molar-refractivity contribution >= 4 is 5.82 Å². The Labute approximate surface area is 187 Å². The first-order valence-corrected chi connectivity index (χ1v) is 11.8. The van der Waals surface area contributed by atoms with Crippen LogP contribution >= 0.6 is 0 Å². The SMILES string of the molecule is CC1(OC2CCC3NNC(c4cc(N5CCN(CCC(F)(F)F)CC5)ncn4)C3C2)CC1. The Morgan fingerprint density at radius 2 is 1.91 bits per heavy atom. The van der Waals surface area contributed by atoms with E-state index in [-0.39, 0.29) is 18.2 Å². The van der Waals surface area contributed by atoms with Crippen molar-refractivity contribution in [3.63, 3.8) is 0 Å². The molecule has 3 heterocycles. The number of nitrogens with zero attached hydrogens (tertiary/aromatic N) is 4. The standard InChI is InChI=1S/C22H33F3N6O/c1-21(4-5-21)32-15-2-3-17-16(12-15)20(29-28-17)18-13-19(27-14-26-18)31-10-8-30(9-11-31)7-6-22(23,24)25/h13-17,20,28-29H,2-12H2,1H3. The predicted molar refractivity (Wildman–Crippen MR) is 114 cm³/mol. The van der Waals surface area contributed by atoms with Gasteiger partial charge in [-0.15, -0.1) is 0 Å². The first-order chi connectivity index (χ1) is 15.3. The summed E-state index contributed by atoms with van der Waals surface area (Å²) in [6, 6.07) is 2.57. The molecule has 0 bridgehead atoms. The molecular weight excluding hydrogens is 421 g/mol. The zero-order valence-electron chi connectivity index (χ0n) is 18.6. The van der Waals surface area contributed by atoms with Crippen molar-refractivity contribution < 1.29 is 17.9 Å². The molecule has 4 atom stereocenters. The first kappa shape index (κ1) is 22.3. The number of ether oxygens (including phenoxy) is 1. The van der Waals surface area contributed by atoms with E-state index in [2.05, 4.69) is 32.6 Å². The van der Waals surface area contributed by atoms with Crippen molar-refractivity contribution in [3.8, 4) is 0 Å². The molecule has 7 nitrogen and oxygen atoms in total. The van der Waals surface area contributed by atoms with Crippen molar-refractivity contribution in [1.82, 2.24) is 25.7 Å². The highest BCUT2D eigenvalue weighted by Gasteiger charge is 2.46. The van der Waals surface area contributed by atoms with E-state index < -0.39 is 12.6 Å². The Morgan fingerprint density at radius 3 is 2.62 bits per heavy atom. The van der Waals surface area contributed by atoms with Crippen LogP contribution in [0.15, 0.2) is 12.4 Å². The molecule has 0 aromatic carbocycles. The van der Waals surface area contributed by atoms with E-state index in [0.717, 1.165) is 43.6 Å². The summed E-state index contributed by atoms with van der Waals surface area (Å²) in [4.78, 5) is 13.1. The first-order valence-electron chi connectivity index (χ1n) is 11.8. The molecule has 2 aliphatic carbocycles. The van der Waals surface area contributed by atoms with Gasteiger partial charge in [-0.05, 0) is 39.0 Å². The van der Waals surface area contributed by atoms with Gasteiger partial charge in [-0.25, -0.2) is 15.4 Å². The number of anilines is 1. The number of halogens is 3. The number of rotatable bonds is 6. The summed E-state index contributed by atoms with van der Waals surface area (Å²) in [7, 11) is 0. The maximum atomic E-state index is 12.5. The molecule has 10 heteroatoms. The Morgan fingerprint density at radius 1 is 1.12 bits per heavy atom. The lowest BCUT2D eigenvalue weighted by molar-refractivity contribution is -0.138. The third-order valence-corrected chi connectivity index (χ3v) is 7.51. The minimum absolute atomic E-state index is 0.0649. The van der Waals surface area contributed by atoms with E-state index in [1.54, 1.807) is 6.33 Å². The third kappa shape index (κ3) is 5.18. The molecule has 1 aromatic rings. The highest BCUT2D eigenvalue weighted by Crippen LogP contribution is 2.45. The minimum Gasteiger partial charge on any atom is -0.372 e. The number of hydrogen-bond acceptors (Lipinski definition) is 7. The van der Waals surface area contributed by atoms with Crippen LogP contribution in [0, 0.1) is 5.92 Å². The molecule has 0 spiro atoms. The van der Waals surface area contributed by atoms with Crippen LogP contribution in [0.5, 0.6) is 0 Å². The minimum atomic E-state index is -4.10.